The number of methoxy groups -OCH3 is 1. The van der Waals surface area contributed by atoms with Gasteiger partial charge in [0, 0.05) is 0 Å². The fraction of sp³-hybridized carbons (Fsp3) is 0.600. The zero-order valence-electron chi connectivity index (χ0n) is 11.8. The molecular formula is C15H26O. The molecule has 1 aromatic rings. The van der Waals surface area contributed by atoms with E-state index in [1.807, 2.05) is 13.8 Å². The average Bonchev–Trinajstić information content (AvgIpc) is 2.30. The van der Waals surface area contributed by atoms with Crippen LogP contribution in [0.4, 0.5) is 0 Å². The van der Waals surface area contributed by atoms with Gasteiger partial charge in [-0.2, -0.15) is 0 Å². The van der Waals surface area contributed by atoms with Gasteiger partial charge in [0.2, 0.25) is 0 Å². The van der Waals surface area contributed by atoms with Crippen molar-refractivity contribution in [1.29, 1.82) is 0 Å². The number of ether oxygens (including phenoxy) is 1. The first kappa shape index (κ1) is 15.0. The molecule has 1 nitrogen and oxygen atoms in total. The van der Waals surface area contributed by atoms with E-state index in [1.165, 1.54) is 16.7 Å². The topological polar surface area (TPSA) is 9.23 Å². The highest BCUT2D eigenvalue weighted by molar-refractivity contribution is 5.47. The van der Waals surface area contributed by atoms with E-state index >= 15 is 0 Å². The number of hydrogen-bond acceptors (Lipinski definition) is 1. The van der Waals surface area contributed by atoms with E-state index in [0.29, 0.717) is 5.92 Å². The molecule has 0 bridgehead atoms. The molecule has 0 spiro atoms. The largest absolute Gasteiger partial charge is 0.496 e. The number of aryl methyl sites for hydroxylation is 2. The normalized spacial score (nSPS) is 9.75. The van der Waals surface area contributed by atoms with Gasteiger partial charge in [-0.05, 0) is 36.0 Å². The standard InChI is InChI=1S/C13H20O.C2H6/c1-6-11-8-7-10(4)12(9(2)3)13(11)14-5;1-2/h7-9H,6H2,1-5H3;1-2H3. The Labute approximate surface area is 101 Å². The van der Waals surface area contributed by atoms with Gasteiger partial charge in [0.1, 0.15) is 5.75 Å². The number of benzene rings is 1. The van der Waals surface area contributed by atoms with E-state index in [4.69, 9.17) is 4.74 Å². The van der Waals surface area contributed by atoms with Crippen LogP contribution in [0.15, 0.2) is 12.1 Å². The Morgan fingerprint density at radius 2 is 1.75 bits per heavy atom. The smallest absolute Gasteiger partial charge is 0.125 e. The highest BCUT2D eigenvalue weighted by atomic mass is 16.5. The van der Waals surface area contributed by atoms with E-state index in [-0.39, 0.29) is 0 Å². The van der Waals surface area contributed by atoms with Crippen LogP contribution in [0.2, 0.25) is 0 Å². The van der Waals surface area contributed by atoms with Crippen molar-refractivity contribution in [3.05, 3.63) is 28.8 Å². The Morgan fingerprint density at radius 3 is 2.12 bits per heavy atom. The average molecular weight is 222 g/mol. The molecular weight excluding hydrogens is 196 g/mol. The fourth-order valence-electron chi connectivity index (χ4n) is 1.98. The molecule has 0 aliphatic carbocycles. The van der Waals surface area contributed by atoms with E-state index < -0.39 is 0 Å². The third-order valence-corrected chi connectivity index (χ3v) is 2.66. The lowest BCUT2D eigenvalue weighted by Crippen LogP contribution is -2.01. The number of rotatable bonds is 3. The quantitative estimate of drug-likeness (QED) is 0.719. The summed E-state index contributed by atoms with van der Waals surface area (Å²) in [7, 11) is 1.76. The maximum Gasteiger partial charge on any atom is 0.125 e. The van der Waals surface area contributed by atoms with Gasteiger partial charge in [-0.15, -0.1) is 0 Å². The monoisotopic (exact) mass is 222 g/mol. The first-order valence-corrected chi connectivity index (χ1v) is 6.28. The van der Waals surface area contributed by atoms with Crippen molar-refractivity contribution in [2.45, 2.75) is 53.9 Å². The van der Waals surface area contributed by atoms with Crippen LogP contribution < -0.4 is 4.74 Å². The molecule has 0 amide bonds. The summed E-state index contributed by atoms with van der Waals surface area (Å²) in [5.41, 5.74) is 3.99. The van der Waals surface area contributed by atoms with Crippen LogP contribution in [-0.4, -0.2) is 7.11 Å². The van der Waals surface area contributed by atoms with Gasteiger partial charge < -0.3 is 4.74 Å². The zero-order chi connectivity index (χ0) is 12.7. The van der Waals surface area contributed by atoms with Crippen molar-refractivity contribution < 1.29 is 4.74 Å². The van der Waals surface area contributed by atoms with Crippen LogP contribution >= 0.6 is 0 Å². The molecule has 0 atom stereocenters. The van der Waals surface area contributed by atoms with Crippen molar-refractivity contribution in [2.24, 2.45) is 0 Å². The second kappa shape index (κ2) is 7.32. The second-order valence-corrected chi connectivity index (χ2v) is 4.00. The van der Waals surface area contributed by atoms with Crippen molar-refractivity contribution in [1.82, 2.24) is 0 Å². The van der Waals surface area contributed by atoms with E-state index in [2.05, 4.69) is 39.8 Å². The van der Waals surface area contributed by atoms with Crippen molar-refractivity contribution in [3.8, 4) is 5.75 Å². The number of hydrogen-bond donors (Lipinski definition) is 0. The van der Waals surface area contributed by atoms with Gasteiger partial charge in [0.15, 0.2) is 0 Å². The van der Waals surface area contributed by atoms with E-state index in [9.17, 15) is 0 Å². The summed E-state index contributed by atoms with van der Waals surface area (Å²) in [6.45, 7) is 12.7. The van der Waals surface area contributed by atoms with Crippen LogP contribution in [0.25, 0.3) is 0 Å². The van der Waals surface area contributed by atoms with Crippen molar-refractivity contribution >= 4 is 0 Å². The van der Waals surface area contributed by atoms with Gasteiger partial charge in [0.05, 0.1) is 7.11 Å². The molecule has 0 unspecified atom stereocenters. The molecule has 0 aliphatic rings. The maximum absolute atomic E-state index is 5.51. The van der Waals surface area contributed by atoms with Gasteiger partial charge >= 0.3 is 0 Å². The summed E-state index contributed by atoms with van der Waals surface area (Å²) in [6.07, 6.45) is 1.03. The minimum absolute atomic E-state index is 0.524. The molecule has 92 valence electrons. The first-order valence-electron chi connectivity index (χ1n) is 6.28. The van der Waals surface area contributed by atoms with Gasteiger partial charge in [-0.3, -0.25) is 0 Å². The Bertz CT molecular complexity index is 313. The third kappa shape index (κ3) is 3.26. The Hall–Kier alpha value is -0.980. The van der Waals surface area contributed by atoms with Crippen LogP contribution in [0.5, 0.6) is 5.75 Å². The molecule has 0 fully saturated rings. The summed E-state index contributed by atoms with van der Waals surface area (Å²) >= 11 is 0. The zero-order valence-corrected chi connectivity index (χ0v) is 11.8. The van der Waals surface area contributed by atoms with Crippen LogP contribution in [-0.2, 0) is 6.42 Å². The summed E-state index contributed by atoms with van der Waals surface area (Å²) in [6, 6.07) is 4.36. The molecule has 0 heterocycles. The predicted octanol–water partition coefficient (Wildman–Crippen LogP) is 4.72. The van der Waals surface area contributed by atoms with Gasteiger partial charge in [0.25, 0.3) is 0 Å². The summed E-state index contributed by atoms with van der Waals surface area (Å²) < 4.78 is 5.51. The second-order valence-electron chi connectivity index (χ2n) is 4.00. The minimum Gasteiger partial charge on any atom is -0.496 e. The Kier molecular flexibility index (Phi) is 6.87. The lowest BCUT2D eigenvalue weighted by atomic mass is 9.93. The lowest BCUT2D eigenvalue weighted by Gasteiger charge is -2.17. The molecule has 0 N–H and O–H groups in total. The SMILES string of the molecule is CC.CCc1ccc(C)c(C(C)C)c1OC. The van der Waals surface area contributed by atoms with Crippen molar-refractivity contribution in [2.75, 3.05) is 7.11 Å². The minimum atomic E-state index is 0.524. The molecule has 1 heteroatoms. The van der Waals surface area contributed by atoms with E-state index in [1.54, 1.807) is 7.11 Å². The predicted molar refractivity (Wildman–Crippen MR) is 72.5 cm³/mol. The molecule has 1 rings (SSSR count). The molecule has 16 heavy (non-hydrogen) atoms. The summed E-state index contributed by atoms with van der Waals surface area (Å²) in [5, 5.41) is 0. The highest BCUT2D eigenvalue weighted by Crippen LogP contribution is 2.33. The molecule has 0 radical (unpaired) electrons. The molecule has 0 saturated carbocycles. The first-order chi connectivity index (χ1) is 7.61. The van der Waals surface area contributed by atoms with Crippen molar-refractivity contribution in [3.63, 3.8) is 0 Å². The van der Waals surface area contributed by atoms with Gasteiger partial charge in [-0.25, -0.2) is 0 Å². The van der Waals surface area contributed by atoms with Crippen LogP contribution in [0.3, 0.4) is 0 Å². The molecule has 0 aliphatic heterocycles. The fourth-order valence-corrected chi connectivity index (χ4v) is 1.98. The van der Waals surface area contributed by atoms with Crippen LogP contribution in [0.1, 0.15) is 57.2 Å². The van der Waals surface area contributed by atoms with Gasteiger partial charge in [-0.1, -0.05) is 46.8 Å². The highest BCUT2D eigenvalue weighted by Gasteiger charge is 2.13. The molecule has 1 aromatic carbocycles. The summed E-state index contributed by atoms with van der Waals surface area (Å²) in [5.74, 6) is 1.61. The molecule has 0 saturated heterocycles. The van der Waals surface area contributed by atoms with Crippen LogP contribution in [0, 0.1) is 6.92 Å². The van der Waals surface area contributed by atoms with E-state index in [0.717, 1.165) is 12.2 Å². The Morgan fingerprint density at radius 1 is 1.19 bits per heavy atom. The third-order valence-electron chi connectivity index (χ3n) is 2.66. The Balaban J connectivity index is 0.00000106. The maximum atomic E-state index is 5.51. The summed E-state index contributed by atoms with van der Waals surface area (Å²) in [4.78, 5) is 0. The molecule has 0 aromatic heterocycles. The lowest BCUT2D eigenvalue weighted by molar-refractivity contribution is 0.402.